The number of aromatic nitrogens is 4. The van der Waals surface area contributed by atoms with Crippen LogP contribution in [-0.4, -0.2) is 31.5 Å². The number of amides is 1. The molecule has 2 heterocycles. The zero-order valence-corrected chi connectivity index (χ0v) is 13.3. The summed E-state index contributed by atoms with van der Waals surface area (Å²) in [6.45, 7) is 0. The minimum Gasteiger partial charge on any atom is -0.325 e. The van der Waals surface area contributed by atoms with Crippen molar-refractivity contribution in [3.8, 4) is 0 Å². The molecule has 0 atom stereocenters. The molecule has 3 rings (SSSR count). The molecule has 10 heteroatoms. The average molecular weight is 354 g/mol. The topological polar surface area (TPSA) is 89.3 Å². The van der Waals surface area contributed by atoms with Crippen LogP contribution >= 0.6 is 34.7 Å². The first-order chi connectivity index (χ1) is 10.6. The maximum atomic E-state index is 11.9. The average Bonchev–Trinajstić information content (AvgIpc) is 2.90. The van der Waals surface area contributed by atoms with Crippen LogP contribution in [0.15, 0.2) is 39.6 Å². The second-order valence-electron chi connectivity index (χ2n) is 4.09. The fourth-order valence-corrected chi connectivity index (χ4v) is 3.48. The molecule has 112 valence electrons. The van der Waals surface area contributed by atoms with Gasteiger partial charge in [0.15, 0.2) is 4.34 Å². The third kappa shape index (κ3) is 3.43. The predicted molar refractivity (Wildman–Crippen MR) is 85.7 cm³/mol. The van der Waals surface area contributed by atoms with E-state index in [2.05, 4.69) is 20.6 Å². The first kappa shape index (κ1) is 14.9. The van der Waals surface area contributed by atoms with E-state index in [4.69, 9.17) is 11.6 Å². The van der Waals surface area contributed by atoms with Gasteiger partial charge in [0.2, 0.25) is 10.9 Å². The van der Waals surface area contributed by atoms with Crippen LogP contribution in [0.4, 0.5) is 5.69 Å². The highest BCUT2D eigenvalue weighted by molar-refractivity contribution is 8.01. The number of nitrogens with one attached hydrogen (secondary N) is 1. The van der Waals surface area contributed by atoms with Crippen molar-refractivity contribution in [3.05, 3.63) is 45.8 Å². The molecule has 0 unspecified atom stereocenters. The van der Waals surface area contributed by atoms with Crippen LogP contribution in [0.1, 0.15) is 0 Å². The lowest BCUT2D eigenvalue weighted by atomic mass is 10.3. The van der Waals surface area contributed by atoms with Crippen LogP contribution in [0.2, 0.25) is 5.02 Å². The molecule has 1 N–H and O–H groups in total. The van der Waals surface area contributed by atoms with Gasteiger partial charge in [-0.05, 0) is 18.2 Å². The molecule has 0 saturated heterocycles. The number of carbonyl (C=O) groups excluding carboxylic acids is 1. The monoisotopic (exact) mass is 353 g/mol. The summed E-state index contributed by atoms with van der Waals surface area (Å²) in [6, 6.07) is 6.90. The Hall–Kier alpha value is -1.97. The number of fused-ring (bicyclic) bond motifs is 1. The molecule has 0 aliphatic heterocycles. The summed E-state index contributed by atoms with van der Waals surface area (Å²) >= 11 is 8.27. The Bertz CT molecular complexity index is 894. The lowest BCUT2D eigenvalue weighted by Crippen LogP contribution is -2.15. The molecule has 22 heavy (non-hydrogen) atoms. The van der Waals surface area contributed by atoms with Crippen molar-refractivity contribution in [3.63, 3.8) is 0 Å². The number of thioether (sulfide) groups is 1. The lowest BCUT2D eigenvalue weighted by Gasteiger charge is -2.04. The van der Waals surface area contributed by atoms with Crippen molar-refractivity contribution >= 4 is 51.3 Å². The molecular formula is C12H8ClN5O2S2. The minimum absolute atomic E-state index is 0.161. The summed E-state index contributed by atoms with van der Waals surface area (Å²) in [6.07, 6.45) is 1.09. The molecule has 3 aromatic rings. The molecule has 7 nitrogen and oxygen atoms in total. The van der Waals surface area contributed by atoms with Crippen molar-refractivity contribution < 1.29 is 4.79 Å². The molecular weight excluding hydrogens is 346 g/mol. The highest BCUT2D eigenvalue weighted by Crippen LogP contribution is 2.23. The van der Waals surface area contributed by atoms with E-state index in [1.807, 2.05) is 0 Å². The predicted octanol–water partition coefficient (Wildman–Crippen LogP) is 1.93. The van der Waals surface area contributed by atoms with Crippen LogP contribution in [0, 0.1) is 0 Å². The largest absolute Gasteiger partial charge is 0.325 e. The van der Waals surface area contributed by atoms with Crippen molar-refractivity contribution in [1.29, 1.82) is 0 Å². The van der Waals surface area contributed by atoms with E-state index in [1.54, 1.807) is 24.3 Å². The number of halogens is 1. The third-order valence-electron chi connectivity index (χ3n) is 2.50. The number of rotatable bonds is 4. The summed E-state index contributed by atoms with van der Waals surface area (Å²) in [7, 11) is 0. The molecule has 0 fully saturated rings. The lowest BCUT2D eigenvalue weighted by molar-refractivity contribution is -0.113. The van der Waals surface area contributed by atoms with Gasteiger partial charge in [0.05, 0.1) is 5.75 Å². The Morgan fingerprint density at radius 2 is 2.32 bits per heavy atom. The van der Waals surface area contributed by atoms with E-state index in [9.17, 15) is 9.59 Å². The van der Waals surface area contributed by atoms with Gasteiger partial charge < -0.3 is 5.32 Å². The normalized spacial score (nSPS) is 10.8. The summed E-state index contributed by atoms with van der Waals surface area (Å²) < 4.78 is 1.73. The first-order valence-corrected chi connectivity index (χ1v) is 8.19. The SMILES string of the molecule is O=C(CSc1nn2c(=O)cnnc2s1)Nc1cccc(Cl)c1. The van der Waals surface area contributed by atoms with Gasteiger partial charge in [-0.2, -0.15) is 9.61 Å². The fraction of sp³-hybridized carbons (Fsp3) is 0.0833. The molecule has 0 aliphatic rings. The highest BCUT2D eigenvalue weighted by Gasteiger charge is 2.10. The second-order valence-corrected chi connectivity index (χ2v) is 6.71. The van der Waals surface area contributed by atoms with Crippen LogP contribution in [0.25, 0.3) is 4.96 Å². The van der Waals surface area contributed by atoms with E-state index in [1.165, 1.54) is 23.1 Å². The summed E-state index contributed by atoms with van der Waals surface area (Å²) in [5.74, 6) is -0.0286. The Labute approximate surface area is 137 Å². The number of anilines is 1. The van der Waals surface area contributed by atoms with E-state index >= 15 is 0 Å². The minimum atomic E-state index is -0.350. The molecule has 1 aromatic carbocycles. The van der Waals surface area contributed by atoms with E-state index in [-0.39, 0.29) is 17.2 Å². The standard InChI is InChI=1S/C12H8ClN5O2S2/c13-7-2-1-3-8(4-7)15-9(19)6-21-12-17-18-10(20)5-14-16-11(18)22-12/h1-5H,6H2,(H,15,19). The van der Waals surface area contributed by atoms with Crippen molar-refractivity contribution in [2.24, 2.45) is 0 Å². The zero-order chi connectivity index (χ0) is 15.5. The second kappa shape index (κ2) is 6.42. The summed E-state index contributed by atoms with van der Waals surface area (Å²) in [5.41, 5.74) is 0.279. The van der Waals surface area contributed by atoms with Crippen LogP contribution in [0.5, 0.6) is 0 Å². The number of benzene rings is 1. The highest BCUT2D eigenvalue weighted by atomic mass is 35.5. The van der Waals surface area contributed by atoms with Crippen LogP contribution in [-0.2, 0) is 4.79 Å². The molecule has 0 bridgehead atoms. The molecule has 0 radical (unpaired) electrons. The van der Waals surface area contributed by atoms with Gasteiger partial charge >= 0.3 is 0 Å². The molecule has 2 aromatic heterocycles. The number of carbonyl (C=O) groups is 1. The molecule has 0 saturated carbocycles. The van der Waals surface area contributed by atoms with Crippen LogP contribution in [0.3, 0.4) is 0 Å². The summed E-state index contributed by atoms with van der Waals surface area (Å²) in [4.78, 5) is 23.8. The molecule has 0 spiro atoms. The van der Waals surface area contributed by atoms with Gasteiger partial charge in [0.1, 0.15) is 6.20 Å². The van der Waals surface area contributed by atoms with Crippen LogP contribution < -0.4 is 10.9 Å². The van der Waals surface area contributed by atoms with Crippen molar-refractivity contribution in [2.75, 3.05) is 11.1 Å². The van der Waals surface area contributed by atoms with Gasteiger partial charge in [-0.1, -0.05) is 40.8 Å². The maximum absolute atomic E-state index is 11.9. The number of nitrogens with zero attached hydrogens (tertiary/aromatic N) is 4. The zero-order valence-electron chi connectivity index (χ0n) is 10.9. The van der Waals surface area contributed by atoms with Crippen molar-refractivity contribution in [1.82, 2.24) is 19.8 Å². The Balaban J connectivity index is 1.65. The first-order valence-electron chi connectivity index (χ1n) is 6.01. The van der Waals surface area contributed by atoms with E-state index in [0.29, 0.717) is 20.0 Å². The van der Waals surface area contributed by atoms with E-state index < -0.39 is 0 Å². The molecule has 1 amide bonds. The third-order valence-corrected chi connectivity index (χ3v) is 4.76. The van der Waals surface area contributed by atoms with Gasteiger partial charge in [-0.3, -0.25) is 9.59 Å². The van der Waals surface area contributed by atoms with Gasteiger partial charge in [0, 0.05) is 10.7 Å². The summed E-state index contributed by atoms with van der Waals surface area (Å²) in [5, 5.41) is 14.8. The quantitative estimate of drug-likeness (QED) is 0.721. The maximum Gasteiger partial charge on any atom is 0.293 e. The Morgan fingerprint density at radius 1 is 1.45 bits per heavy atom. The van der Waals surface area contributed by atoms with Crippen molar-refractivity contribution in [2.45, 2.75) is 4.34 Å². The molecule has 0 aliphatic carbocycles. The fourth-order valence-electron chi connectivity index (χ4n) is 1.60. The smallest absolute Gasteiger partial charge is 0.293 e. The Kier molecular flexibility index (Phi) is 4.36. The number of hydrogen-bond acceptors (Lipinski definition) is 7. The van der Waals surface area contributed by atoms with Gasteiger partial charge in [0.25, 0.3) is 5.56 Å². The van der Waals surface area contributed by atoms with Gasteiger partial charge in [-0.15, -0.1) is 10.2 Å². The van der Waals surface area contributed by atoms with E-state index in [0.717, 1.165) is 10.7 Å². The number of hydrogen-bond donors (Lipinski definition) is 1. The van der Waals surface area contributed by atoms with Gasteiger partial charge in [-0.25, -0.2) is 0 Å². The Morgan fingerprint density at radius 3 is 3.09 bits per heavy atom.